The number of nitrogens with one attached hydrogen (secondary N) is 3. The molecule has 4 aromatic rings. The number of halogens is 1. The second-order valence-corrected chi connectivity index (χ2v) is 6.63. The van der Waals surface area contributed by atoms with Crippen LogP contribution in [0.25, 0.3) is 10.9 Å². The Kier molecular flexibility index (Phi) is 5.47. The zero-order valence-electron chi connectivity index (χ0n) is 15.7. The molecule has 146 valence electrons. The maximum Gasteiger partial charge on any atom is 0.271 e. The van der Waals surface area contributed by atoms with Crippen LogP contribution < -0.4 is 10.6 Å². The van der Waals surface area contributed by atoms with Crippen LogP contribution in [0.3, 0.4) is 0 Å². The van der Waals surface area contributed by atoms with E-state index >= 15 is 0 Å². The third-order valence-electron chi connectivity index (χ3n) is 4.63. The van der Waals surface area contributed by atoms with E-state index in [-0.39, 0.29) is 17.4 Å². The van der Waals surface area contributed by atoms with Crippen molar-refractivity contribution >= 4 is 22.6 Å². The van der Waals surface area contributed by atoms with Gasteiger partial charge in [0.25, 0.3) is 5.91 Å². The van der Waals surface area contributed by atoms with Crippen LogP contribution in [0.15, 0.2) is 67.1 Å². The third-order valence-corrected chi connectivity index (χ3v) is 4.63. The first-order valence-electron chi connectivity index (χ1n) is 9.32. The minimum atomic E-state index is -0.327. The molecule has 2 heterocycles. The summed E-state index contributed by atoms with van der Waals surface area (Å²) < 4.78 is 12.9. The first-order chi connectivity index (χ1) is 14.2. The van der Waals surface area contributed by atoms with Crippen LogP contribution in [0, 0.1) is 5.82 Å². The zero-order chi connectivity index (χ0) is 20.1. The molecule has 0 spiro atoms. The van der Waals surface area contributed by atoms with Crippen molar-refractivity contribution in [3.8, 4) is 0 Å². The summed E-state index contributed by atoms with van der Waals surface area (Å²) in [5, 5.41) is 7.18. The molecule has 0 saturated carbocycles. The SMILES string of the molecule is O=C(NCc1ccc(F)cc1)c1cnc(NCCc2c[nH]c3ccccc23)cn1. The molecule has 0 atom stereocenters. The first kappa shape index (κ1) is 18.6. The van der Waals surface area contributed by atoms with Crippen LogP contribution in [-0.4, -0.2) is 27.4 Å². The quantitative estimate of drug-likeness (QED) is 0.450. The fourth-order valence-corrected chi connectivity index (χ4v) is 3.08. The number of hydrogen-bond acceptors (Lipinski definition) is 4. The average Bonchev–Trinajstić information content (AvgIpc) is 3.17. The molecule has 0 fully saturated rings. The van der Waals surface area contributed by atoms with Crippen molar-refractivity contribution in [2.45, 2.75) is 13.0 Å². The number of para-hydroxylation sites is 1. The zero-order valence-corrected chi connectivity index (χ0v) is 15.7. The van der Waals surface area contributed by atoms with Gasteiger partial charge >= 0.3 is 0 Å². The van der Waals surface area contributed by atoms with Gasteiger partial charge < -0.3 is 15.6 Å². The number of aromatic nitrogens is 3. The minimum Gasteiger partial charge on any atom is -0.368 e. The number of hydrogen-bond donors (Lipinski definition) is 3. The van der Waals surface area contributed by atoms with Gasteiger partial charge in [-0.1, -0.05) is 30.3 Å². The van der Waals surface area contributed by atoms with Gasteiger partial charge in [-0.2, -0.15) is 0 Å². The van der Waals surface area contributed by atoms with Crippen LogP contribution >= 0.6 is 0 Å². The Balaban J connectivity index is 1.28. The molecule has 0 aliphatic heterocycles. The summed E-state index contributed by atoms with van der Waals surface area (Å²) in [6.45, 7) is 0.998. The Labute approximate surface area is 167 Å². The fraction of sp³-hybridized carbons (Fsp3) is 0.136. The Morgan fingerprint density at radius 3 is 2.66 bits per heavy atom. The van der Waals surface area contributed by atoms with Crippen molar-refractivity contribution in [3.05, 3.63) is 89.8 Å². The minimum absolute atomic E-state index is 0.231. The standard InChI is InChI=1S/C22H20FN5O/c23-17-7-5-15(6-8-17)11-28-22(29)20-13-27-21(14-26-20)24-10-9-16-12-25-19-4-2-1-3-18(16)19/h1-8,12-14,25H,9-11H2,(H,24,27)(H,28,29). The van der Waals surface area contributed by atoms with Gasteiger partial charge in [-0.25, -0.2) is 14.4 Å². The smallest absolute Gasteiger partial charge is 0.271 e. The first-order valence-corrected chi connectivity index (χ1v) is 9.32. The third kappa shape index (κ3) is 4.57. The molecule has 4 rings (SSSR count). The van der Waals surface area contributed by atoms with E-state index < -0.39 is 0 Å². The number of carbonyl (C=O) groups excluding carboxylic acids is 1. The molecule has 2 aromatic heterocycles. The summed E-state index contributed by atoms with van der Waals surface area (Å²) >= 11 is 0. The lowest BCUT2D eigenvalue weighted by atomic mass is 10.1. The van der Waals surface area contributed by atoms with Crippen molar-refractivity contribution in [2.75, 3.05) is 11.9 Å². The molecule has 1 amide bonds. The Morgan fingerprint density at radius 1 is 1.03 bits per heavy atom. The maximum atomic E-state index is 12.9. The van der Waals surface area contributed by atoms with Crippen molar-refractivity contribution < 1.29 is 9.18 Å². The molecule has 3 N–H and O–H groups in total. The fourth-order valence-electron chi connectivity index (χ4n) is 3.08. The predicted octanol–water partition coefficient (Wildman–Crippen LogP) is 3.68. The van der Waals surface area contributed by atoms with E-state index in [4.69, 9.17) is 0 Å². The van der Waals surface area contributed by atoms with Gasteiger partial charge in [0, 0.05) is 30.2 Å². The maximum absolute atomic E-state index is 12.9. The Morgan fingerprint density at radius 2 is 1.86 bits per heavy atom. The van der Waals surface area contributed by atoms with Crippen LogP contribution in [0.1, 0.15) is 21.6 Å². The van der Waals surface area contributed by atoms with E-state index in [2.05, 4.69) is 37.7 Å². The number of anilines is 1. The molecule has 0 aliphatic carbocycles. The number of nitrogens with zero attached hydrogens (tertiary/aromatic N) is 2. The number of fused-ring (bicyclic) bond motifs is 1. The number of benzene rings is 2. The molecular weight excluding hydrogens is 369 g/mol. The van der Waals surface area contributed by atoms with Crippen molar-refractivity contribution in [2.24, 2.45) is 0 Å². The summed E-state index contributed by atoms with van der Waals surface area (Å²) in [4.78, 5) is 23.9. The van der Waals surface area contributed by atoms with E-state index in [1.807, 2.05) is 18.3 Å². The summed E-state index contributed by atoms with van der Waals surface area (Å²) in [6.07, 6.45) is 5.84. The lowest BCUT2D eigenvalue weighted by Crippen LogP contribution is -2.24. The second kappa shape index (κ2) is 8.52. The molecule has 0 bridgehead atoms. The molecule has 6 nitrogen and oxygen atoms in total. The molecular formula is C22H20FN5O. The van der Waals surface area contributed by atoms with Gasteiger partial charge in [0.05, 0.1) is 12.4 Å². The van der Waals surface area contributed by atoms with Crippen molar-refractivity contribution in [1.29, 1.82) is 0 Å². The number of carbonyl (C=O) groups is 1. The highest BCUT2D eigenvalue weighted by molar-refractivity contribution is 5.92. The summed E-state index contributed by atoms with van der Waals surface area (Å²) in [5.41, 5.74) is 3.40. The molecule has 0 saturated heterocycles. The Bertz CT molecular complexity index is 1110. The number of aromatic amines is 1. The van der Waals surface area contributed by atoms with Gasteiger partial charge in [0.15, 0.2) is 0 Å². The summed E-state index contributed by atoms with van der Waals surface area (Å²) in [5.74, 6) is -0.0224. The molecule has 0 aliphatic rings. The molecule has 0 unspecified atom stereocenters. The Hall–Kier alpha value is -3.74. The number of rotatable bonds is 7. The monoisotopic (exact) mass is 389 g/mol. The summed E-state index contributed by atoms with van der Waals surface area (Å²) in [6, 6.07) is 14.2. The van der Waals surface area contributed by atoms with E-state index in [1.165, 1.54) is 29.3 Å². The van der Waals surface area contributed by atoms with Gasteiger partial charge in [-0.05, 0) is 35.7 Å². The van der Waals surface area contributed by atoms with Crippen LogP contribution in [0.5, 0.6) is 0 Å². The largest absolute Gasteiger partial charge is 0.368 e. The van der Waals surface area contributed by atoms with E-state index in [1.54, 1.807) is 18.3 Å². The predicted molar refractivity (Wildman–Crippen MR) is 110 cm³/mol. The number of H-pyrrole nitrogens is 1. The lowest BCUT2D eigenvalue weighted by molar-refractivity contribution is 0.0945. The topological polar surface area (TPSA) is 82.7 Å². The highest BCUT2D eigenvalue weighted by Gasteiger charge is 2.08. The summed E-state index contributed by atoms with van der Waals surface area (Å²) in [7, 11) is 0. The normalized spacial score (nSPS) is 10.8. The van der Waals surface area contributed by atoms with Gasteiger partial charge in [0.1, 0.15) is 17.3 Å². The van der Waals surface area contributed by atoms with Crippen LogP contribution in [0.2, 0.25) is 0 Å². The highest BCUT2D eigenvalue weighted by atomic mass is 19.1. The van der Waals surface area contributed by atoms with Crippen molar-refractivity contribution in [3.63, 3.8) is 0 Å². The molecule has 0 radical (unpaired) electrons. The van der Waals surface area contributed by atoms with E-state index in [0.29, 0.717) is 18.9 Å². The van der Waals surface area contributed by atoms with Crippen molar-refractivity contribution in [1.82, 2.24) is 20.3 Å². The average molecular weight is 389 g/mol. The van der Waals surface area contributed by atoms with Crippen LogP contribution in [-0.2, 0) is 13.0 Å². The second-order valence-electron chi connectivity index (χ2n) is 6.63. The molecule has 29 heavy (non-hydrogen) atoms. The van der Waals surface area contributed by atoms with E-state index in [9.17, 15) is 9.18 Å². The lowest BCUT2D eigenvalue weighted by Gasteiger charge is -2.07. The van der Waals surface area contributed by atoms with Gasteiger partial charge in [-0.15, -0.1) is 0 Å². The van der Waals surface area contributed by atoms with E-state index in [0.717, 1.165) is 17.5 Å². The van der Waals surface area contributed by atoms with Gasteiger partial charge in [0.2, 0.25) is 0 Å². The van der Waals surface area contributed by atoms with Crippen LogP contribution in [0.4, 0.5) is 10.2 Å². The number of amides is 1. The highest BCUT2D eigenvalue weighted by Crippen LogP contribution is 2.18. The van der Waals surface area contributed by atoms with Gasteiger partial charge in [-0.3, -0.25) is 4.79 Å². The molecule has 7 heteroatoms. The molecule has 2 aromatic carbocycles.